The summed E-state index contributed by atoms with van der Waals surface area (Å²) in [5, 5.41) is 26.2. The van der Waals surface area contributed by atoms with Crippen molar-refractivity contribution in [3.8, 4) is 67.5 Å². The molecule has 0 fully saturated rings. The molecule has 0 bridgehead atoms. The average molecular weight is 1570 g/mol. The summed E-state index contributed by atoms with van der Waals surface area (Å²) in [6.45, 7) is 13.6. The van der Waals surface area contributed by atoms with Crippen LogP contribution < -0.4 is 16.0 Å². The van der Waals surface area contributed by atoms with Crippen LogP contribution in [0.2, 0.25) is 30.1 Å². The summed E-state index contributed by atoms with van der Waals surface area (Å²) >= 11 is 41.6. The van der Waals surface area contributed by atoms with Crippen LogP contribution in [0.1, 0.15) is 128 Å². The van der Waals surface area contributed by atoms with Crippen molar-refractivity contribution in [3.05, 3.63) is 259 Å². The molecule has 534 valence electrons. The van der Waals surface area contributed by atoms with Crippen molar-refractivity contribution in [2.24, 2.45) is 0 Å². The van der Waals surface area contributed by atoms with Crippen LogP contribution in [0.15, 0.2) is 188 Å². The van der Waals surface area contributed by atoms with Gasteiger partial charge in [0.1, 0.15) is 23.2 Å². The van der Waals surface area contributed by atoms with E-state index < -0.39 is 0 Å². The van der Waals surface area contributed by atoms with Gasteiger partial charge in [-0.15, -0.1) is 34.0 Å². The summed E-state index contributed by atoms with van der Waals surface area (Å²) in [5.74, 6) is -0.785. The summed E-state index contributed by atoms with van der Waals surface area (Å²) in [6, 6.07) is 57.2. The molecular formula is C79H70Cl6FN9O6S3. The van der Waals surface area contributed by atoms with Crippen molar-refractivity contribution in [1.29, 1.82) is 0 Å². The lowest BCUT2D eigenvalue weighted by atomic mass is 10.1. The van der Waals surface area contributed by atoms with Gasteiger partial charge in [0.2, 0.25) is 0 Å². The average Bonchev–Trinajstić information content (AvgIpc) is 1.65. The van der Waals surface area contributed by atoms with Gasteiger partial charge in [0.25, 0.3) is 17.7 Å². The molecule has 3 unspecified atom stereocenters. The van der Waals surface area contributed by atoms with Crippen molar-refractivity contribution in [2.75, 3.05) is 19.6 Å². The maximum Gasteiger partial charge on any atom is 0.261 e. The molecule has 12 aromatic rings. The first-order chi connectivity index (χ1) is 49.7. The number of carbonyl (C=O) groups excluding carboxylic acids is 6. The Morgan fingerprint density at radius 3 is 0.942 bits per heavy atom. The topological polar surface area (TPSA) is 192 Å². The molecule has 15 nitrogen and oxygen atoms in total. The molecule has 3 amide bonds. The second-order valence-electron chi connectivity index (χ2n) is 24.5. The van der Waals surface area contributed by atoms with E-state index in [9.17, 15) is 33.2 Å². The van der Waals surface area contributed by atoms with Gasteiger partial charge in [0, 0.05) is 106 Å². The van der Waals surface area contributed by atoms with Crippen LogP contribution in [0, 0.1) is 12.7 Å². The zero-order valence-corrected chi connectivity index (χ0v) is 64.4. The fourth-order valence-electron chi connectivity index (χ4n) is 11.0. The summed E-state index contributed by atoms with van der Waals surface area (Å²) in [6.07, 6.45) is 0.944. The molecule has 0 saturated heterocycles. The predicted octanol–water partition coefficient (Wildman–Crippen LogP) is 21.2. The summed E-state index contributed by atoms with van der Waals surface area (Å²) in [5.41, 5.74) is 11.3. The molecule has 0 spiro atoms. The number of aromatic nitrogens is 6. The number of Topliss-reactive ketones (excluding diaryl/α,β-unsaturated/α-hetero) is 3. The largest absolute Gasteiger partial charge is 0.351 e. The molecule has 3 atom stereocenters. The Labute approximate surface area is 643 Å². The number of ketones is 3. The normalized spacial score (nSPS) is 11.9. The van der Waals surface area contributed by atoms with Crippen molar-refractivity contribution in [1.82, 2.24) is 45.3 Å². The molecule has 0 radical (unpaired) electrons. The maximum absolute atomic E-state index is 13.6. The number of amides is 3. The third-order valence-corrected chi connectivity index (χ3v) is 21.5. The Hall–Kier alpha value is -8.86. The van der Waals surface area contributed by atoms with Crippen LogP contribution in [0.4, 0.5) is 4.39 Å². The fourth-order valence-corrected chi connectivity index (χ4v) is 15.4. The van der Waals surface area contributed by atoms with Gasteiger partial charge < -0.3 is 16.0 Å². The molecule has 6 aromatic heterocycles. The lowest BCUT2D eigenvalue weighted by Gasteiger charge is -2.15. The number of rotatable bonds is 24. The Bertz CT molecular complexity index is 4810. The Kier molecular flexibility index (Phi) is 26.7. The van der Waals surface area contributed by atoms with E-state index in [0.717, 1.165) is 76.5 Å². The minimum absolute atomic E-state index is 0.0228. The number of thiophene rings is 3. The first-order valence-corrected chi connectivity index (χ1v) is 37.6. The second-order valence-corrected chi connectivity index (χ2v) is 30.5. The molecule has 6 heterocycles. The zero-order valence-electron chi connectivity index (χ0n) is 57.4. The van der Waals surface area contributed by atoms with E-state index in [1.54, 1.807) is 48.5 Å². The predicted molar refractivity (Wildman–Crippen MR) is 421 cm³/mol. The molecule has 25 heteroatoms. The Morgan fingerprint density at radius 1 is 0.375 bits per heavy atom. The van der Waals surface area contributed by atoms with Crippen LogP contribution in [-0.2, 0) is 14.4 Å². The molecule has 0 aliphatic carbocycles. The molecule has 12 rings (SSSR count). The van der Waals surface area contributed by atoms with Crippen LogP contribution in [0.3, 0.4) is 0 Å². The minimum Gasteiger partial charge on any atom is -0.351 e. The summed E-state index contributed by atoms with van der Waals surface area (Å²) < 4.78 is 19.4. The Balaban J connectivity index is 0.000000167. The van der Waals surface area contributed by atoms with Crippen LogP contribution in [-0.4, -0.2) is 84.0 Å². The van der Waals surface area contributed by atoms with Gasteiger partial charge in [-0.2, -0.15) is 15.3 Å². The minimum atomic E-state index is -0.326. The number of halogens is 7. The number of hydrogen-bond acceptors (Lipinski definition) is 12. The van der Waals surface area contributed by atoms with E-state index in [0.29, 0.717) is 89.4 Å². The molecule has 0 aliphatic heterocycles. The Morgan fingerprint density at radius 2 is 0.654 bits per heavy atom. The molecule has 6 aromatic carbocycles. The van der Waals surface area contributed by atoms with Crippen molar-refractivity contribution < 1.29 is 33.2 Å². The SMILES string of the molecule is CC(=O)CCNC(=O)c1ccc(C(C)n2nc(-c3cc(Cl)cc(Cl)c3)cc2-c2ccc(C)cc2)s1.CC(=O)CCNC(=O)c1ccc(C(C)n2nc(-c3cc(Cl)cc(Cl)c3)cc2-c2ccc(F)cc2)s1.CC(=O)CCNC(=O)c1ccc(C(C)n2nc(-c3cc(Cl)cc(Cl)c3)cc2-c2ccccc2)s1. The van der Waals surface area contributed by atoms with Gasteiger partial charge in [0.15, 0.2) is 0 Å². The molecule has 104 heavy (non-hydrogen) atoms. The lowest BCUT2D eigenvalue weighted by Crippen LogP contribution is -2.24. The zero-order chi connectivity index (χ0) is 74.5. The van der Waals surface area contributed by atoms with Crippen LogP contribution >= 0.6 is 104 Å². The highest BCUT2D eigenvalue weighted by atomic mass is 35.5. The fraction of sp³-hybridized carbons (Fsp3) is 0.203. The summed E-state index contributed by atoms with van der Waals surface area (Å²) in [7, 11) is 0. The number of aryl methyl sites for hydroxylation is 1. The van der Waals surface area contributed by atoms with Gasteiger partial charge >= 0.3 is 0 Å². The third-order valence-electron chi connectivity index (χ3n) is 16.4. The van der Waals surface area contributed by atoms with Gasteiger partial charge in [-0.3, -0.25) is 42.8 Å². The smallest absolute Gasteiger partial charge is 0.261 e. The monoisotopic (exact) mass is 1570 g/mol. The third kappa shape index (κ3) is 20.6. The first kappa shape index (κ1) is 77.7. The number of hydrogen-bond donors (Lipinski definition) is 3. The molecular weight excluding hydrogens is 1500 g/mol. The van der Waals surface area contributed by atoms with Gasteiger partial charge in [-0.25, -0.2) is 4.39 Å². The first-order valence-electron chi connectivity index (χ1n) is 32.9. The van der Waals surface area contributed by atoms with E-state index in [1.807, 2.05) is 124 Å². The number of carbonyl (C=O) groups is 6. The van der Waals surface area contributed by atoms with E-state index in [-0.39, 0.29) is 59.0 Å². The highest BCUT2D eigenvalue weighted by Gasteiger charge is 2.25. The highest BCUT2D eigenvalue weighted by Crippen LogP contribution is 2.39. The van der Waals surface area contributed by atoms with E-state index in [2.05, 4.69) is 61.0 Å². The quantitative estimate of drug-likeness (QED) is 0.0528. The van der Waals surface area contributed by atoms with Crippen molar-refractivity contribution in [3.63, 3.8) is 0 Å². The standard InChI is InChI=1S/C27H25Cl2N3O2S.C26H22Cl2FN3O2S.C26H23Cl2N3O2S/c1-16-4-6-19(7-5-16)24-15-23(20-12-21(28)14-22(29)13-20)31-32(24)18(3)25-8-9-26(35-25)27(34)30-11-10-17(2)33;1-15(33)9-10-30-26(34)25-8-7-24(35-25)16(2)32-23(17-3-5-21(29)6-4-17)14-22(31-32)18-11-19(27)13-20(28)12-18;1-16(32)10-11-29-26(33)25-9-8-24(34-25)17(2)31-23(18-6-4-3-5-7-18)15-22(30-31)19-12-20(27)14-21(28)13-19/h4-9,12-15,18H,10-11H2,1-3H3,(H,30,34);3-8,11-14,16H,9-10H2,1-2H3,(H,30,34);3-9,12-15,17H,10-11H2,1-2H3,(H,29,33). The lowest BCUT2D eigenvalue weighted by molar-refractivity contribution is -0.117. The summed E-state index contributed by atoms with van der Waals surface area (Å²) in [4.78, 5) is 75.5. The maximum atomic E-state index is 13.6. The van der Waals surface area contributed by atoms with Gasteiger partial charge in [0.05, 0.1) is 66.9 Å². The molecule has 3 N–H and O–H groups in total. The van der Waals surface area contributed by atoms with Crippen molar-refractivity contribution in [2.45, 2.75) is 85.9 Å². The van der Waals surface area contributed by atoms with Gasteiger partial charge in [-0.05, 0) is 193 Å². The second kappa shape index (κ2) is 35.8. The molecule has 0 saturated carbocycles. The number of benzene rings is 6. The van der Waals surface area contributed by atoms with E-state index in [4.69, 9.17) is 84.9 Å². The van der Waals surface area contributed by atoms with E-state index >= 15 is 0 Å². The highest BCUT2D eigenvalue weighted by molar-refractivity contribution is 7.14. The van der Waals surface area contributed by atoms with Crippen LogP contribution in [0.5, 0.6) is 0 Å². The van der Waals surface area contributed by atoms with E-state index in [1.165, 1.54) is 72.5 Å². The van der Waals surface area contributed by atoms with Gasteiger partial charge in [-0.1, -0.05) is 130 Å². The molecule has 0 aliphatic rings. The number of nitrogens with zero attached hydrogens (tertiary/aromatic N) is 6. The number of nitrogens with one attached hydrogen (secondary N) is 3. The van der Waals surface area contributed by atoms with Crippen LogP contribution in [0.25, 0.3) is 67.5 Å². The van der Waals surface area contributed by atoms with Crippen molar-refractivity contribution >= 4 is 139 Å².